The van der Waals surface area contributed by atoms with Gasteiger partial charge in [0.15, 0.2) is 14.4 Å². The van der Waals surface area contributed by atoms with Crippen molar-refractivity contribution in [3.63, 3.8) is 0 Å². The first-order valence-electron chi connectivity index (χ1n) is 23.4. The van der Waals surface area contributed by atoms with Crippen molar-refractivity contribution >= 4 is 45.1 Å². The van der Waals surface area contributed by atoms with Crippen LogP contribution in [-0.4, -0.2) is 114 Å². The Bertz CT molecular complexity index is 2100. The molecule has 376 valence electrons. The van der Waals surface area contributed by atoms with Gasteiger partial charge in [-0.05, 0) is 103 Å². The fourth-order valence-corrected chi connectivity index (χ4v) is 14.8. The highest BCUT2D eigenvalue weighted by Crippen LogP contribution is 2.60. The smallest absolute Gasteiger partial charge is 0.458 e. The van der Waals surface area contributed by atoms with Gasteiger partial charge in [-0.2, -0.15) is 0 Å². The monoisotopic (exact) mass is 980 g/mol. The van der Waals surface area contributed by atoms with E-state index in [2.05, 4.69) is 20.8 Å². The van der Waals surface area contributed by atoms with Crippen LogP contribution >= 0.6 is 0 Å². The van der Waals surface area contributed by atoms with Crippen LogP contribution in [0.4, 0.5) is 4.79 Å². The van der Waals surface area contributed by atoms with Crippen molar-refractivity contribution in [1.29, 1.82) is 0 Å². The zero-order valence-electron chi connectivity index (χ0n) is 43.1. The van der Waals surface area contributed by atoms with Gasteiger partial charge in [-0.15, -0.1) is 0 Å². The highest BCUT2D eigenvalue weighted by Gasteiger charge is 2.87. The van der Waals surface area contributed by atoms with E-state index < -0.39 is 91.9 Å². The van der Waals surface area contributed by atoms with Crippen molar-refractivity contribution in [1.82, 2.24) is 0 Å². The predicted octanol–water partition coefficient (Wildman–Crippen LogP) is 8.62. The predicted molar refractivity (Wildman–Crippen MR) is 262 cm³/mol. The van der Waals surface area contributed by atoms with E-state index in [0.717, 1.165) is 10.4 Å². The number of carbonyl (C=O) groups is 3. The Morgan fingerprint density at radius 1 is 0.662 bits per heavy atom. The molecule has 0 aliphatic carbocycles. The fraction of sp³-hybridized carbons (Fsp3) is 0.596. The average Bonchev–Trinajstić information content (AvgIpc) is 3.44. The summed E-state index contributed by atoms with van der Waals surface area (Å²) in [4.78, 5) is 46.4. The molecule has 5 rings (SSSR count). The van der Waals surface area contributed by atoms with Crippen molar-refractivity contribution in [3.05, 3.63) is 96.6 Å². The minimum Gasteiger partial charge on any atom is -0.458 e. The Balaban J connectivity index is 1.95. The Morgan fingerprint density at radius 3 is 1.63 bits per heavy atom. The van der Waals surface area contributed by atoms with E-state index in [-0.39, 0.29) is 33.0 Å². The number of fused-ring (bicyclic) bond motifs is 2. The maximum absolute atomic E-state index is 16.1. The molecule has 16 heteroatoms. The standard InChI is InChI=1S/C52H76O14Si2/c1-46(2,3)62-43(53)51(66-67(14,15)16)40(35-59-68(49(10,11)12,38-28-22-18-23-29-38)39-30-24-19-25-31-39)61-50(32-33-57-36-56-13)41(60-45(55)64-48(7,8)9)42(58-34-37-26-20-17-21-27-37)52(51,65-50)44(54)63-47(4,5)6/h17-31,40-42H,32-36H2,1-16H3/t40-,41-,42-,50+,51+,52+/m1/s1. The topological polar surface area (TPSA) is 153 Å². The highest BCUT2D eigenvalue weighted by molar-refractivity contribution is 6.99. The second kappa shape index (κ2) is 20.8. The summed E-state index contributed by atoms with van der Waals surface area (Å²) >= 11 is 0. The van der Waals surface area contributed by atoms with Crippen LogP contribution in [0.1, 0.15) is 95.1 Å². The summed E-state index contributed by atoms with van der Waals surface area (Å²) < 4.78 is 72.8. The summed E-state index contributed by atoms with van der Waals surface area (Å²) in [6, 6.07) is 29.2. The summed E-state index contributed by atoms with van der Waals surface area (Å²) in [7, 11) is -5.12. The highest BCUT2D eigenvalue weighted by atomic mass is 28.4. The molecule has 2 heterocycles. The van der Waals surface area contributed by atoms with Crippen LogP contribution in [0.25, 0.3) is 0 Å². The third-order valence-corrected chi connectivity index (χ3v) is 17.1. The number of ether oxygens (including phenoxy) is 9. The van der Waals surface area contributed by atoms with Crippen LogP contribution in [0.3, 0.4) is 0 Å². The lowest BCUT2D eigenvalue weighted by Gasteiger charge is -2.56. The van der Waals surface area contributed by atoms with Gasteiger partial charge in [-0.1, -0.05) is 112 Å². The van der Waals surface area contributed by atoms with Gasteiger partial charge in [0.1, 0.15) is 35.8 Å². The lowest BCUT2D eigenvalue weighted by atomic mass is 9.74. The van der Waals surface area contributed by atoms with Gasteiger partial charge in [-0.3, -0.25) is 0 Å². The molecule has 14 nitrogen and oxygen atoms in total. The van der Waals surface area contributed by atoms with Crippen LogP contribution in [0, 0.1) is 0 Å². The minimum absolute atomic E-state index is 0.103. The first kappa shape index (κ1) is 55.0. The van der Waals surface area contributed by atoms with Crippen LogP contribution in [0.15, 0.2) is 91.0 Å². The van der Waals surface area contributed by atoms with Gasteiger partial charge in [-0.25, -0.2) is 14.4 Å². The third kappa shape index (κ3) is 12.1. The number of rotatable bonds is 18. The van der Waals surface area contributed by atoms with Crippen LogP contribution < -0.4 is 10.4 Å². The van der Waals surface area contributed by atoms with Crippen molar-refractivity contribution in [3.8, 4) is 0 Å². The summed E-state index contributed by atoms with van der Waals surface area (Å²) in [6.45, 7) is 26.6. The van der Waals surface area contributed by atoms with Crippen molar-refractivity contribution < 1.29 is 65.9 Å². The third-order valence-electron chi connectivity index (χ3n) is 11.2. The molecular formula is C52H76O14Si2. The molecule has 3 aromatic carbocycles. The molecule has 0 unspecified atom stereocenters. The molecule has 2 aliphatic heterocycles. The van der Waals surface area contributed by atoms with Gasteiger partial charge < -0.3 is 51.5 Å². The summed E-state index contributed by atoms with van der Waals surface area (Å²) in [6.07, 6.45) is -6.20. The number of hydrogen-bond donors (Lipinski definition) is 0. The van der Waals surface area contributed by atoms with Crippen molar-refractivity contribution in [2.24, 2.45) is 0 Å². The lowest BCUT2D eigenvalue weighted by molar-refractivity contribution is -0.383. The number of benzene rings is 3. The first-order chi connectivity index (χ1) is 31.5. The van der Waals surface area contributed by atoms with Gasteiger partial charge >= 0.3 is 18.1 Å². The number of hydrogen-bond acceptors (Lipinski definition) is 14. The fourth-order valence-electron chi connectivity index (χ4n) is 8.96. The van der Waals surface area contributed by atoms with Gasteiger partial charge in [0.2, 0.25) is 17.0 Å². The van der Waals surface area contributed by atoms with E-state index in [0.29, 0.717) is 5.56 Å². The van der Waals surface area contributed by atoms with E-state index >= 15 is 9.59 Å². The molecule has 0 N–H and O–H groups in total. The van der Waals surface area contributed by atoms with Gasteiger partial charge in [0.25, 0.3) is 8.32 Å². The largest absolute Gasteiger partial charge is 0.509 e. The summed E-state index contributed by atoms with van der Waals surface area (Å²) in [5, 5.41) is 1.34. The Kier molecular flexibility index (Phi) is 16.8. The van der Waals surface area contributed by atoms with Crippen LogP contribution in [-0.2, 0) is 67.7 Å². The molecule has 0 aromatic heterocycles. The normalized spacial score (nSPS) is 24.6. The molecule has 2 bridgehead atoms. The van der Waals surface area contributed by atoms with Crippen LogP contribution in [0.5, 0.6) is 0 Å². The maximum atomic E-state index is 16.1. The summed E-state index contributed by atoms with van der Waals surface area (Å²) in [5.74, 6) is -4.16. The van der Waals surface area contributed by atoms with E-state index in [1.807, 2.05) is 111 Å². The lowest BCUT2D eigenvalue weighted by Crippen LogP contribution is -2.81. The average molecular weight is 981 g/mol. The molecule has 6 atom stereocenters. The molecule has 2 saturated heterocycles. The Hall–Kier alpha value is -3.98. The molecule has 2 fully saturated rings. The molecule has 3 aromatic rings. The van der Waals surface area contributed by atoms with E-state index in [9.17, 15) is 4.79 Å². The molecular weight excluding hydrogens is 905 g/mol. The minimum atomic E-state index is -3.47. The molecule has 0 radical (unpaired) electrons. The summed E-state index contributed by atoms with van der Waals surface area (Å²) in [5.41, 5.74) is -7.88. The second-order valence-corrected chi connectivity index (χ2v) is 31.2. The Morgan fingerprint density at radius 2 is 1.16 bits per heavy atom. The second-order valence-electron chi connectivity index (χ2n) is 22.5. The molecule has 0 amide bonds. The molecule has 68 heavy (non-hydrogen) atoms. The van der Waals surface area contributed by atoms with Gasteiger partial charge in [0, 0.05) is 13.5 Å². The zero-order chi connectivity index (χ0) is 50.6. The SMILES string of the molecule is COCOCC[C@]12O[C@H](CO[Si](c3ccccc3)(c3ccccc3)C(C)(C)C)[C@](O[Si](C)(C)C)(C(=O)OC(C)(C)C)[C@](C(=O)OC(C)(C)C)(O1)[C@H](OCc1ccccc1)[C@H]2OC(=O)OC(C)(C)C. The Labute approximate surface area is 406 Å². The van der Waals surface area contributed by atoms with Crippen LogP contribution in [0.2, 0.25) is 24.7 Å². The van der Waals surface area contributed by atoms with Crippen molar-refractivity contribution in [2.75, 3.05) is 27.1 Å². The molecule has 0 spiro atoms. The first-order valence-corrected chi connectivity index (χ1v) is 28.7. The maximum Gasteiger partial charge on any atom is 0.509 e. The number of esters is 2. The quantitative estimate of drug-likeness (QED) is 0.0393. The van der Waals surface area contributed by atoms with E-state index in [1.54, 1.807) is 62.3 Å². The van der Waals surface area contributed by atoms with Crippen molar-refractivity contribution in [2.45, 2.75) is 173 Å². The van der Waals surface area contributed by atoms with E-state index in [1.165, 1.54) is 7.11 Å². The van der Waals surface area contributed by atoms with E-state index in [4.69, 9.17) is 51.5 Å². The molecule has 0 saturated carbocycles. The number of methoxy groups -OCH3 is 1. The zero-order valence-corrected chi connectivity index (χ0v) is 45.1. The van der Waals surface area contributed by atoms with Gasteiger partial charge in [0.05, 0.1) is 19.8 Å². The number of carbonyl (C=O) groups excluding carboxylic acids is 3. The molecule has 2 aliphatic rings.